The number of para-hydroxylation sites is 1. The number of fused-ring (bicyclic) bond motifs is 4. The van der Waals surface area contributed by atoms with Gasteiger partial charge in [-0.1, -0.05) is 29.8 Å². The summed E-state index contributed by atoms with van der Waals surface area (Å²) in [6, 6.07) is 14.6. The summed E-state index contributed by atoms with van der Waals surface area (Å²) >= 11 is 11.5. The van der Waals surface area contributed by atoms with Crippen molar-refractivity contribution in [3.05, 3.63) is 59.1 Å². The van der Waals surface area contributed by atoms with Crippen LogP contribution < -0.4 is 15.4 Å². The molecule has 2 bridgehead atoms. The number of halogens is 1. The lowest BCUT2D eigenvalue weighted by Gasteiger charge is -2.55. The SMILES string of the molecule is CCN1C(=S)N[C@H]2c3ccccc3O[C@]1(C)[C@@H]2C(=O)Nc1ccc(Cl)cc1. The summed E-state index contributed by atoms with van der Waals surface area (Å²) in [6.45, 7) is 4.55. The molecule has 7 heteroatoms. The number of nitrogens with zero attached hydrogens (tertiary/aromatic N) is 1. The molecule has 2 aromatic rings. The number of carbonyl (C=O) groups is 1. The molecule has 2 aliphatic rings. The van der Waals surface area contributed by atoms with Gasteiger partial charge in [-0.2, -0.15) is 0 Å². The molecule has 0 saturated carbocycles. The molecule has 0 radical (unpaired) electrons. The van der Waals surface area contributed by atoms with Crippen LogP contribution in [-0.4, -0.2) is 28.2 Å². The minimum Gasteiger partial charge on any atom is -0.467 e. The van der Waals surface area contributed by atoms with Crippen molar-refractivity contribution in [3.63, 3.8) is 0 Å². The van der Waals surface area contributed by atoms with Crippen LogP contribution in [0.25, 0.3) is 0 Å². The monoisotopic (exact) mass is 401 g/mol. The lowest BCUT2D eigenvalue weighted by atomic mass is 9.79. The van der Waals surface area contributed by atoms with Crippen molar-refractivity contribution in [2.45, 2.75) is 25.6 Å². The van der Waals surface area contributed by atoms with E-state index in [2.05, 4.69) is 10.6 Å². The van der Waals surface area contributed by atoms with Gasteiger partial charge in [0.25, 0.3) is 0 Å². The van der Waals surface area contributed by atoms with E-state index in [1.54, 1.807) is 24.3 Å². The summed E-state index contributed by atoms with van der Waals surface area (Å²) in [6.07, 6.45) is 0. The van der Waals surface area contributed by atoms with Crippen LogP contribution in [0.4, 0.5) is 5.69 Å². The van der Waals surface area contributed by atoms with E-state index in [-0.39, 0.29) is 11.9 Å². The first kappa shape index (κ1) is 18.1. The molecule has 4 rings (SSSR count). The van der Waals surface area contributed by atoms with E-state index >= 15 is 0 Å². The fourth-order valence-electron chi connectivity index (χ4n) is 4.01. The molecular formula is C20H20ClN3O2S. The van der Waals surface area contributed by atoms with Gasteiger partial charge in [-0.3, -0.25) is 4.79 Å². The van der Waals surface area contributed by atoms with Crippen molar-refractivity contribution < 1.29 is 9.53 Å². The van der Waals surface area contributed by atoms with Gasteiger partial charge in [-0.15, -0.1) is 0 Å². The Morgan fingerprint density at radius 1 is 1.30 bits per heavy atom. The molecule has 2 aromatic carbocycles. The molecule has 0 spiro atoms. The van der Waals surface area contributed by atoms with Crippen LogP contribution in [0.3, 0.4) is 0 Å². The predicted octanol–water partition coefficient (Wildman–Crippen LogP) is 3.95. The van der Waals surface area contributed by atoms with Crippen LogP contribution in [0.1, 0.15) is 25.5 Å². The molecule has 5 nitrogen and oxygen atoms in total. The maximum Gasteiger partial charge on any atom is 0.236 e. The fourth-order valence-corrected chi connectivity index (χ4v) is 4.57. The van der Waals surface area contributed by atoms with Gasteiger partial charge in [-0.25, -0.2) is 0 Å². The van der Waals surface area contributed by atoms with Crippen molar-refractivity contribution in [1.29, 1.82) is 0 Å². The Kier molecular flexibility index (Phi) is 4.48. The van der Waals surface area contributed by atoms with Gasteiger partial charge in [0, 0.05) is 22.8 Å². The topological polar surface area (TPSA) is 53.6 Å². The Bertz CT molecular complexity index is 904. The number of hydrogen-bond acceptors (Lipinski definition) is 3. The lowest BCUT2D eigenvalue weighted by molar-refractivity contribution is -0.148. The standard InChI is InChI=1S/C20H20ClN3O2S/c1-3-24-19(27)23-17-14-6-4-5-7-15(14)26-20(24,2)16(17)18(25)22-13-10-8-12(21)9-11-13/h4-11,16-17H,3H2,1-2H3,(H,22,25)(H,23,27)/t16-,17-,20+/m0/s1. The first-order chi connectivity index (χ1) is 12.9. The van der Waals surface area contributed by atoms with E-state index in [0.717, 1.165) is 11.3 Å². The summed E-state index contributed by atoms with van der Waals surface area (Å²) in [4.78, 5) is 15.2. The van der Waals surface area contributed by atoms with E-state index in [1.807, 2.05) is 43.0 Å². The third-order valence-electron chi connectivity index (χ3n) is 5.25. The van der Waals surface area contributed by atoms with Crippen LogP contribution in [0.5, 0.6) is 5.75 Å². The highest BCUT2D eigenvalue weighted by atomic mass is 35.5. The predicted molar refractivity (Wildman–Crippen MR) is 110 cm³/mol. The van der Waals surface area contributed by atoms with Crippen LogP contribution in [0.15, 0.2) is 48.5 Å². The molecule has 3 atom stereocenters. The van der Waals surface area contributed by atoms with Crippen molar-refractivity contribution in [1.82, 2.24) is 10.2 Å². The summed E-state index contributed by atoms with van der Waals surface area (Å²) in [5, 5.41) is 7.56. The van der Waals surface area contributed by atoms with Gasteiger partial charge in [0.1, 0.15) is 11.7 Å². The van der Waals surface area contributed by atoms with Gasteiger partial charge in [0.15, 0.2) is 10.8 Å². The first-order valence-electron chi connectivity index (χ1n) is 8.86. The number of rotatable bonds is 3. The van der Waals surface area contributed by atoms with E-state index in [0.29, 0.717) is 22.4 Å². The lowest BCUT2D eigenvalue weighted by Crippen LogP contribution is -2.71. The highest BCUT2D eigenvalue weighted by Crippen LogP contribution is 2.48. The maximum absolute atomic E-state index is 13.3. The normalized spacial score (nSPS) is 25.9. The number of amides is 1. The Balaban J connectivity index is 1.75. The van der Waals surface area contributed by atoms with Crippen molar-refractivity contribution in [3.8, 4) is 5.75 Å². The molecule has 2 aliphatic heterocycles. The number of carbonyl (C=O) groups excluding carboxylic acids is 1. The average molecular weight is 402 g/mol. The van der Waals surface area contributed by atoms with Gasteiger partial charge in [-0.05, 0) is 56.4 Å². The second-order valence-electron chi connectivity index (χ2n) is 6.84. The van der Waals surface area contributed by atoms with Gasteiger partial charge < -0.3 is 20.3 Å². The van der Waals surface area contributed by atoms with Gasteiger partial charge >= 0.3 is 0 Å². The second kappa shape index (κ2) is 6.69. The quantitative estimate of drug-likeness (QED) is 0.762. The molecule has 2 N–H and O–H groups in total. The van der Waals surface area contributed by atoms with Crippen molar-refractivity contribution in [2.75, 3.05) is 11.9 Å². The molecule has 0 unspecified atom stereocenters. The van der Waals surface area contributed by atoms with Crippen LogP contribution in [0, 0.1) is 5.92 Å². The zero-order valence-electron chi connectivity index (χ0n) is 15.0. The molecule has 1 saturated heterocycles. The van der Waals surface area contributed by atoms with Gasteiger partial charge in [0.05, 0.1) is 6.04 Å². The van der Waals surface area contributed by atoms with E-state index in [1.165, 1.54) is 0 Å². The Morgan fingerprint density at radius 2 is 2.00 bits per heavy atom. The average Bonchev–Trinajstić information content (AvgIpc) is 2.63. The fraction of sp³-hybridized carbons (Fsp3) is 0.300. The van der Waals surface area contributed by atoms with E-state index in [4.69, 9.17) is 28.6 Å². The molecule has 1 fully saturated rings. The third-order valence-corrected chi connectivity index (χ3v) is 5.84. The zero-order valence-corrected chi connectivity index (χ0v) is 16.6. The molecule has 27 heavy (non-hydrogen) atoms. The Morgan fingerprint density at radius 3 is 2.70 bits per heavy atom. The van der Waals surface area contributed by atoms with Crippen molar-refractivity contribution in [2.24, 2.45) is 5.92 Å². The van der Waals surface area contributed by atoms with E-state index in [9.17, 15) is 4.79 Å². The number of thiocarbonyl (C=S) groups is 1. The molecule has 1 amide bonds. The van der Waals surface area contributed by atoms with Gasteiger partial charge in [0.2, 0.25) is 5.91 Å². The highest BCUT2D eigenvalue weighted by molar-refractivity contribution is 7.80. The molecular weight excluding hydrogens is 382 g/mol. The second-order valence-corrected chi connectivity index (χ2v) is 7.66. The first-order valence-corrected chi connectivity index (χ1v) is 9.65. The highest BCUT2D eigenvalue weighted by Gasteiger charge is 2.58. The number of hydrogen-bond donors (Lipinski definition) is 2. The zero-order chi connectivity index (χ0) is 19.2. The minimum absolute atomic E-state index is 0.132. The summed E-state index contributed by atoms with van der Waals surface area (Å²) in [5.41, 5.74) is 0.743. The summed E-state index contributed by atoms with van der Waals surface area (Å²) in [7, 11) is 0. The smallest absolute Gasteiger partial charge is 0.236 e. The number of nitrogens with one attached hydrogen (secondary N) is 2. The number of ether oxygens (including phenoxy) is 1. The van der Waals surface area contributed by atoms with E-state index < -0.39 is 11.6 Å². The largest absolute Gasteiger partial charge is 0.467 e. The molecule has 0 aromatic heterocycles. The number of benzene rings is 2. The molecule has 2 heterocycles. The van der Waals surface area contributed by atoms with Crippen LogP contribution in [0.2, 0.25) is 5.02 Å². The van der Waals surface area contributed by atoms with Crippen molar-refractivity contribution >= 4 is 40.5 Å². The number of anilines is 1. The minimum atomic E-state index is -0.882. The Hall–Kier alpha value is -2.31. The summed E-state index contributed by atoms with van der Waals surface area (Å²) in [5.74, 6) is 0.150. The Labute approximate surface area is 168 Å². The molecule has 140 valence electrons. The van der Waals surface area contributed by atoms with Crippen LogP contribution in [-0.2, 0) is 4.79 Å². The summed E-state index contributed by atoms with van der Waals surface area (Å²) < 4.78 is 6.37. The maximum atomic E-state index is 13.3. The molecule has 0 aliphatic carbocycles. The third kappa shape index (κ3) is 2.93. The van der Waals surface area contributed by atoms with Crippen LogP contribution >= 0.6 is 23.8 Å².